The minimum absolute atomic E-state index is 0.976. The van der Waals surface area contributed by atoms with E-state index in [-0.39, 0.29) is 0 Å². The lowest BCUT2D eigenvalue weighted by Crippen LogP contribution is -1.92. The van der Waals surface area contributed by atoms with Crippen molar-refractivity contribution in [1.82, 2.24) is 4.98 Å². The number of allylic oxidation sites excluding steroid dienone is 1. The van der Waals surface area contributed by atoms with Gasteiger partial charge in [0.25, 0.3) is 0 Å². The Bertz CT molecular complexity index is 2800. The molecule has 0 saturated carbocycles. The van der Waals surface area contributed by atoms with Crippen molar-refractivity contribution >= 4 is 38.4 Å². The summed E-state index contributed by atoms with van der Waals surface area (Å²) in [6.07, 6.45) is 6.17. The molecular formula is C52H39N. The molecule has 0 aliphatic carbocycles. The minimum atomic E-state index is 0.976. The highest BCUT2D eigenvalue weighted by Crippen LogP contribution is 2.46. The lowest BCUT2D eigenvalue weighted by atomic mass is 9.83. The smallest absolute Gasteiger partial charge is 0.0708 e. The summed E-state index contributed by atoms with van der Waals surface area (Å²) in [7, 11) is 0. The fourth-order valence-electron chi connectivity index (χ4n) is 8.07. The van der Waals surface area contributed by atoms with Crippen LogP contribution < -0.4 is 0 Å². The maximum atomic E-state index is 4.78. The Hall–Kier alpha value is -6.57. The van der Waals surface area contributed by atoms with Crippen molar-refractivity contribution in [2.24, 2.45) is 0 Å². The number of benzene rings is 8. The van der Waals surface area contributed by atoms with Crippen LogP contribution in [0.25, 0.3) is 94.2 Å². The molecule has 0 bridgehead atoms. The Kier molecular flexibility index (Phi) is 8.25. The van der Waals surface area contributed by atoms with Gasteiger partial charge in [-0.25, -0.2) is 0 Å². The fourth-order valence-corrected chi connectivity index (χ4v) is 8.07. The number of hydrogen-bond acceptors (Lipinski definition) is 1. The number of rotatable bonds is 6. The van der Waals surface area contributed by atoms with E-state index in [0.29, 0.717) is 0 Å². The van der Waals surface area contributed by atoms with E-state index >= 15 is 0 Å². The van der Waals surface area contributed by atoms with Gasteiger partial charge < -0.3 is 0 Å². The third-order valence-corrected chi connectivity index (χ3v) is 10.6. The Labute approximate surface area is 311 Å². The molecule has 8 aromatic carbocycles. The lowest BCUT2D eigenvalue weighted by Gasteiger charge is -2.19. The summed E-state index contributed by atoms with van der Waals surface area (Å²) in [4.78, 5) is 4.78. The van der Waals surface area contributed by atoms with E-state index in [1.165, 1.54) is 88.0 Å². The average Bonchev–Trinajstić information content (AvgIpc) is 3.21. The summed E-state index contributed by atoms with van der Waals surface area (Å²) in [5.41, 5.74) is 15.6. The van der Waals surface area contributed by atoms with Crippen LogP contribution >= 0.6 is 0 Å². The second-order valence-electron chi connectivity index (χ2n) is 14.0. The van der Waals surface area contributed by atoms with Crippen LogP contribution in [0.4, 0.5) is 0 Å². The molecular weight excluding hydrogens is 639 g/mol. The number of pyridine rings is 1. The van der Waals surface area contributed by atoms with E-state index in [4.69, 9.17) is 4.98 Å². The molecule has 0 fully saturated rings. The SMILES string of the molecule is C/C=C\c1ccc(-c2cc(-c3cccc(-c4c5ccccc5c(-c5cccc6c(-c7ccc(C)cc7)cccc56)c5ccccc45)c3)ccn2)cc1C. The zero-order valence-corrected chi connectivity index (χ0v) is 30.3. The van der Waals surface area contributed by atoms with Gasteiger partial charge in [-0.2, -0.15) is 0 Å². The molecule has 1 heteroatoms. The molecule has 0 atom stereocenters. The van der Waals surface area contributed by atoms with E-state index in [9.17, 15) is 0 Å². The third kappa shape index (κ3) is 5.81. The average molecular weight is 678 g/mol. The summed E-state index contributed by atoms with van der Waals surface area (Å²) in [5.74, 6) is 0. The first-order valence-corrected chi connectivity index (χ1v) is 18.4. The summed E-state index contributed by atoms with van der Waals surface area (Å²) >= 11 is 0. The highest BCUT2D eigenvalue weighted by Gasteiger charge is 2.19. The molecule has 252 valence electrons. The molecule has 0 N–H and O–H groups in total. The predicted molar refractivity (Wildman–Crippen MR) is 228 cm³/mol. The Morgan fingerprint density at radius 3 is 1.66 bits per heavy atom. The predicted octanol–water partition coefficient (Wildman–Crippen LogP) is 14.5. The second-order valence-corrected chi connectivity index (χ2v) is 14.0. The van der Waals surface area contributed by atoms with Crippen molar-refractivity contribution in [1.29, 1.82) is 0 Å². The van der Waals surface area contributed by atoms with Crippen molar-refractivity contribution in [2.75, 3.05) is 0 Å². The van der Waals surface area contributed by atoms with Crippen LogP contribution in [0.5, 0.6) is 0 Å². The first kappa shape index (κ1) is 32.3. The van der Waals surface area contributed by atoms with E-state index in [1.54, 1.807) is 0 Å². The molecule has 0 aliphatic rings. The van der Waals surface area contributed by atoms with Gasteiger partial charge in [0, 0.05) is 11.8 Å². The number of aromatic nitrogens is 1. The molecule has 9 aromatic rings. The van der Waals surface area contributed by atoms with Gasteiger partial charge in [-0.05, 0) is 133 Å². The standard InChI is InChI=1S/C52H39N/c1-4-12-36-27-28-40(31-35(36)3)50-33-39(29-30-53-50)38-13-9-14-41(32-38)51-46-15-5-7-17-48(46)52(49-18-8-6-16-47(49)51)45-22-11-20-43-42(19-10-21-44(43)45)37-25-23-34(2)24-26-37/h4-33H,1-3H3/b12-4-. The van der Waals surface area contributed by atoms with Gasteiger partial charge in [-0.1, -0.05) is 157 Å². The molecule has 1 heterocycles. The van der Waals surface area contributed by atoms with Gasteiger partial charge in [0.15, 0.2) is 0 Å². The zero-order valence-electron chi connectivity index (χ0n) is 30.3. The Morgan fingerprint density at radius 2 is 0.981 bits per heavy atom. The number of fused-ring (bicyclic) bond motifs is 3. The van der Waals surface area contributed by atoms with E-state index in [1.807, 2.05) is 6.20 Å². The normalized spacial score (nSPS) is 11.6. The molecule has 53 heavy (non-hydrogen) atoms. The molecule has 0 aliphatic heterocycles. The minimum Gasteiger partial charge on any atom is -0.256 e. The fraction of sp³-hybridized carbons (Fsp3) is 0.0577. The van der Waals surface area contributed by atoms with Crippen LogP contribution in [-0.2, 0) is 0 Å². The third-order valence-electron chi connectivity index (χ3n) is 10.6. The first-order chi connectivity index (χ1) is 26.1. The molecule has 0 radical (unpaired) electrons. The summed E-state index contributed by atoms with van der Waals surface area (Å²) < 4.78 is 0. The van der Waals surface area contributed by atoms with Gasteiger partial charge in [-0.3, -0.25) is 4.98 Å². The van der Waals surface area contributed by atoms with Gasteiger partial charge in [0.2, 0.25) is 0 Å². The van der Waals surface area contributed by atoms with Crippen molar-refractivity contribution in [3.8, 4) is 55.8 Å². The maximum Gasteiger partial charge on any atom is 0.0708 e. The monoisotopic (exact) mass is 677 g/mol. The molecule has 0 amide bonds. The molecule has 9 rings (SSSR count). The van der Waals surface area contributed by atoms with Crippen molar-refractivity contribution in [3.05, 3.63) is 193 Å². The largest absolute Gasteiger partial charge is 0.256 e. The molecule has 1 nitrogen and oxygen atoms in total. The molecule has 1 aromatic heterocycles. The van der Waals surface area contributed by atoms with E-state index < -0.39 is 0 Å². The maximum absolute atomic E-state index is 4.78. The van der Waals surface area contributed by atoms with Crippen molar-refractivity contribution in [2.45, 2.75) is 20.8 Å². The second kappa shape index (κ2) is 13.5. The molecule has 0 unspecified atom stereocenters. The summed E-state index contributed by atoms with van der Waals surface area (Å²) in [6, 6.07) is 60.2. The van der Waals surface area contributed by atoms with Crippen LogP contribution in [-0.4, -0.2) is 4.98 Å². The van der Waals surface area contributed by atoms with Crippen LogP contribution in [0.2, 0.25) is 0 Å². The van der Waals surface area contributed by atoms with Gasteiger partial charge in [-0.15, -0.1) is 0 Å². The van der Waals surface area contributed by atoms with Crippen molar-refractivity contribution in [3.63, 3.8) is 0 Å². The van der Waals surface area contributed by atoms with Crippen LogP contribution in [0, 0.1) is 13.8 Å². The van der Waals surface area contributed by atoms with Gasteiger partial charge in [0.1, 0.15) is 0 Å². The zero-order chi connectivity index (χ0) is 35.9. The summed E-state index contributed by atoms with van der Waals surface area (Å²) in [5, 5.41) is 7.52. The first-order valence-electron chi connectivity index (χ1n) is 18.4. The van der Waals surface area contributed by atoms with Crippen LogP contribution in [0.15, 0.2) is 176 Å². The van der Waals surface area contributed by atoms with Crippen LogP contribution in [0.3, 0.4) is 0 Å². The number of hydrogen-bond donors (Lipinski definition) is 0. The van der Waals surface area contributed by atoms with Crippen molar-refractivity contribution < 1.29 is 0 Å². The molecule has 0 saturated heterocycles. The summed E-state index contributed by atoms with van der Waals surface area (Å²) in [6.45, 7) is 6.36. The Morgan fingerprint density at radius 1 is 0.415 bits per heavy atom. The number of nitrogens with zero attached hydrogens (tertiary/aromatic N) is 1. The van der Waals surface area contributed by atoms with E-state index in [2.05, 4.69) is 197 Å². The lowest BCUT2D eigenvalue weighted by molar-refractivity contribution is 1.31. The van der Waals surface area contributed by atoms with Gasteiger partial charge in [0.05, 0.1) is 5.69 Å². The van der Waals surface area contributed by atoms with Gasteiger partial charge >= 0.3 is 0 Å². The van der Waals surface area contributed by atoms with E-state index in [0.717, 1.165) is 16.8 Å². The quantitative estimate of drug-likeness (QED) is 0.160. The highest BCUT2D eigenvalue weighted by atomic mass is 14.7. The Balaban J connectivity index is 1.22. The highest BCUT2D eigenvalue weighted by molar-refractivity contribution is 6.24. The topological polar surface area (TPSA) is 12.9 Å². The molecule has 0 spiro atoms. The van der Waals surface area contributed by atoms with Crippen LogP contribution in [0.1, 0.15) is 23.6 Å². The number of aryl methyl sites for hydroxylation is 2.